The molecule has 3 aliphatic heterocycles. The van der Waals surface area contributed by atoms with Crippen LogP contribution in [0.3, 0.4) is 0 Å². The first-order chi connectivity index (χ1) is 19.5. The van der Waals surface area contributed by atoms with Crippen LogP contribution < -0.4 is 19.1 Å². The Bertz CT molecular complexity index is 1420. The molecular formula is C32H40FN3O5. The number of amidine groups is 1. The lowest BCUT2D eigenvalue weighted by molar-refractivity contribution is -0.127. The molecule has 2 spiro atoms. The number of hydrogen-bond acceptors (Lipinski definition) is 7. The Morgan fingerprint density at radius 3 is 2.29 bits per heavy atom. The SMILES string of the molecule is CCOc1cc2c(c(F)c1OCC)C(=N)N(CC(=O)c1cc(N3CC4(COC4)C3)c(OC)c(C(C)(C)C)c1)C21CC1. The number of nitrogens with zero attached hydrogens (tertiary/aromatic N) is 2. The predicted molar refractivity (Wildman–Crippen MR) is 155 cm³/mol. The highest BCUT2D eigenvalue weighted by Crippen LogP contribution is 2.59. The molecule has 6 rings (SSSR count). The standard InChI is InChI=1S/C32H40FN3O5/c1-7-40-24-13-20-25(26(33)28(24)41-8-2)29(34)36(32(20)9-10-32)14-23(37)19-11-21(30(3,4)5)27(38-6)22(12-19)35-15-31(16-35)17-39-18-31/h11-13,34H,7-10,14-18H2,1-6H3. The molecule has 8 nitrogen and oxygen atoms in total. The highest BCUT2D eigenvalue weighted by molar-refractivity contribution is 6.08. The molecule has 2 saturated heterocycles. The number of hydrogen-bond donors (Lipinski definition) is 1. The van der Waals surface area contributed by atoms with Gasteiger partial charge >= 0.3 is 0 Å². The first-order valence-corrected chi connectivity index (χ1v) is 14.6. The van der Waals surface area contributed by atoms with Crippen LogP contribution in [0.25, 0.3) is 0 Å². The zero-order chi connectivity index (χ0) is 29.3. The van der Waals surface area contributed by atoms with Gasteiger partial charge in [-0.05, 0) is 55.9 Å². The summed E-state index contributed by atoms with van der Waals surface area (Å²) < 4.78 is 38.6. The van der Waals surface area contributed by atoms with Crippen molar-refractivity contribution in [3.05, 3.63) is 46.3 Å². The largest absolute Gasteiger partial charge is 0.494 e. The molecule has 3 fully saturated rings. The van der Waals surface area contributed by atoms with E-state index in [2.05, 4.69) is 25.7 Å². The number of ether oxygens (including phenoxy) is 4. The minimum atomic E-state index is -0.590. The number of carbonyl (C=O) groups is 1. The van der Waals surface area contributed by atoms with Gasteiger partial charge < -0.3 is 28.7 Å². The Kier molecular flexibility index (Phi) is 6.52. The number of benzene rings is 2. The molecule has 220 valence electrons. The van der Waals surface area contributed by atoms with E-state index in [-0.39, 0.29) is 46.9 Å². The van der Waals surface area contributed by atoms with Gasteiger partial charge in [0.25, 0.3) is 0 Å². The number of fused-ring (bicyclic) bond motifs is 2. The van der Waals surface area contributed by atoms with E-state index in [0.29, 0.717) is 23.5 Å². The number of ketones is 1. The molecule has 0 unspecified atom stereocenters. The molecule has 2 aromatic carbocycles. The van der Waals surface area contributed by atoms with Crippen LogP contribution in [0.5, 0.6) is 17.2 Å². The van der Waals surface area contributed by atoms with Crippen LogP contribution in [0.15, 0.2) is 18.2 Å². The quantitative estimate of drug-likeness (QED) is 0.414. The second-order valence-electron chi connectivity index (χ2n) is 12.9. The van der Waals surface area contributed by atoms with Gasteiger partial charge in [-0.3, -0.25) is 10.2 Å². The van der Waals surface area contributed by atoms with Crippen molar-refractivity contribution in [3.63, 3.8) is 0 Å². The van der Waals surface area contributed by atoms with Crippen molar-refractivity contribution < 1.29 is 28.1 Å². The highest BCUT2D eigenvalue weighted by Gasteiger charge is 2.58. The predicted octanol–water partition coefficient (Wildman–Crippen LogP) is 5.28. The lowest BCUT2D eigenvalue weighted by Gasteiger charge is -2.56. The van der Waals surface area contributed by atoms with E-state index < -0.39 is 11.4 Å². The Morgan fingerprint density at radius 1 is 1.07 bits per heavy atom. The molecule has 9 heteroatoms. The lowest BCUT2D eigenvalue weighted by atomic mass is 9.77. The Balaban J connectivity index is 1.35. The number of anilines is 1. The topological polar surface area (TPSA) is 84.3 Å². The van der Waals surface area contributed by atoms with E-state index in [9.17, 15) is 4.79 Å². The molecule has 1 aliphatic carbocycles. The van der Waals surface area contributed by atoms with Crippen LogP contribution >= 0.6 is 0 Å². The number of Topliss-reactive ketones (excluding diaryl/α,β-unsaturated/α-hetero) is 1. The summed E-state index contributed by atoms with van der Waals surface area (Å²) in [5.74, 6) is 0.482. The van der Waals surface area contributed by atoms with Gasteiger partial charge in [-0.2, -0.15) is 0 Å². The second kappa shape index (κ2) is 9.61. The molecular weight excluding hydrogens is 525 g/mol. The smallest absolute Gasteiger partial charge is 0.197 e. The van der Waals surface area contributed by atoms with Gasteiger partial charge in [0.1, 0.15) is 11.6 Å². The van der Waals surface area contributed by atoms with Gasteiger partial charge in [0.15, 0.2) is 23.1 Å². The van der Waals surface area contributed by atoms with E-state index in [0.717, 1.165) is 56.1 Å². The van der Waals surface area contributed by atoms with E-state index in [1.54, 1.807) is 18.9 Å². The minimum absolute atomic E-state index is 0.0198. The maximum Gasteiger partial charge on any atom is 0.197 e. The third-order valence-electron chi connectivity index (χ3n) is 8.94. The Morgan fingerprint density at radius 2 is 1.76 bits per heavy atom. The maximum absolute atomic E-state index is 15.9. The third kappa shape index (κ3) is 4.26. The highest BCUT2D eigenvalue weighted by atomic mass is 19.1. The van der Waals surface area contributed by atoms with Crippen molar-refractivity contribution in [2.45, 2.75) is 58.4 Å². The van der Waals surface area contributed by atoms with Gasteiger partial charge in [0.05, 0.1) is 62.3 Å². The molecule has 0 aromatic heterocycles. The lowest BCUT2D eigenvalue weighted by Crippen LogP contribution is -2.66. The molecule has 3 heterocycles. The van der Waals surface area contributed by atoms with Crippen LogP contribution in [0.2, 0.25) is 0 Å². The molecule has 0 bridgehead atoms. The van der Waals surface area contributed by atoms with Gasteiger partial charge in [0.2, 0.25) is 0 Å². The van der Waals surface area contributed by atoms with Crippen LogP contribution in [0, 0.1) is 16.6 Å². The van der Waals surface area contributed by atoms with E-state index in [1.807, 2.05) is 25.1 Å². The number of rotatable bonds is 9. The molecule has 2 aromatic rings. The van der Waals surface area contributed by atoms with Gasteiger partial charge in [-0.1, -0.05) is 20.8 Å². The van der Waals surface area contributed by atoms with Crippen LogP contribution in [0.4, 0.5) is 10.1 Å². The zero-order valence-corrected chi connectivity index (χ0v) is 24.9. The fourth-order valence-corrected chi connectivity index (χ4v) is 6.65. The first kappa shape index (κ1) is 27.8. The third-order valence-corrected chi connectivity index (χ3v) is 8.94. The summed E-state index contributed by atoms with van der Waals surface area (Å²) in [6.07, 6.45) is 1.49. The average Bonchev–Trinajstić information content (AvgIpc) is 3.64. The summed E-state index contributed by atoms with van der Waals surface area (Å²) >= 11 is 0. The van der Waals surface area contributed by atoms with Gasteiger partial charge in [-0.15, -0.1) is 0 Å². The minimum Gasteiger partial charge on any atom is -0.494 e. The summed E-state index contributed by atoms with van der Waals surface area (Å²) in [5, 5.41) is 9.00. The van der Waals surface area contributed by atoms with Crippen molar-refractivity contribution in [2.75, 3.05) is 58.1 Å². The Hall–Kier alpha value is -3.33. The Labute approximate surface area is 241 Å². The second-order valence-corrected chi connectivity index (χ2v) is 12.9. The fourth-order valence-electron chi connectivity index (χ4n) is 6.65. The fraction of sp³-hybridized carbons (Fsp3) is 0.562. The van der Waals surface area contributed by atoms with Crippen LogP contribution in [0.1, 0.15) is 74.5 Å². The van der Waals surface area contributed by atoms with Crippen molar-refractivity contribution in [1.29, 1.82) is 5.41 Å². The molecule has 41 heavy (non-hydrogen) atoms. The molecule has 0 radical (unpaired) electrons. The van der Waals surface area contributed by atoms with Crippen LogP contribution in [-0.4, -0.2) is 69.7 Å². The van der Waals surface area contributed by atoms with E-state index in [1.165, 1.54) is 0 Å². The summed E-state index contributed by atoms with van der Waals surface area (Å²) in [4.78, 5) is 18.1. The van der Waals surface area contributed by atoms with Crippen molar-refractivity contribution in [3.8, 4) is 17.2 Å². The molecule has 4 aliphatic rings. The normalized spacial score (nSPS) is 19.6. The molecule has 0 atom stereocenters. The molecule has 1 N–H and O–H groups in total. The summed E-state index contributed by atoms with van der Waals surface area (Å²) in [6, 6.07) is 5.67. The van der Waals surface area contributed by atoms with Crippen molar-refractivity contribution in [1.82, 2.24) is 4.90 Å². The van der Waals surface area contributed by atoms with Crippen molar-refractivity contribution >= 4 is 17.3 Å². The number of halogens is 1. The summed E-state index contributed by atoms with van der Waals surface area (Å²) in [5.41, 5.74) is 2.72. The van der Waals surface area contributed by atoms with Gasteiger partial charge in [0, 0.05) is 24.2 Å². The summed E-state index contributed by atoms with van der Waals surface area (Å²) in [7, 11) is 1.68. The number of nitrogens with one attached hydrogen (secondary N) is 1. The molecule has 1 saturated carbocycles. The van der Waals surface area contributed by atoms with E-state index in [4.69, 9.17) is 24.4 Å². The first-order valence-electron chi connectivity index (χ1n) is 14.6. The van der Waals surface area contributed by atoms with E-state index >= 15 is 4.39 Å². The maximum atomic E-state index is 15.9. The average molecular weight is 566 g/mol. The number of methoxy groups -OCH3 is 1. The monoisotopic (exact) mass is 565 g/mol. The molecule has 0 amide bonds. The summed E-state index contributed by atoms with van der Waals surface area (Å²) in [6.45, 7) is 13.9. The van der Waals surface area contributed by atoms with Gasteiger partial charge in [-0.25, -0.2) is 4.39 Å². The van der Waals surface area contributed by atoms with Crippen molar-refractivity contribution in [2.24, 2.45) is 5.41 Å². The van der Waals surface area contributed by atoms with Crippen LogP contribution in [-0.2, 0) is 15.7 Å². The number of carbonyl (C=O) groups excluding carboxylic acids is 1. The zero-order valence-electron chi connectivity index (χ0n) is 24.9.